The van der Waals surface area contributed by atoms with Crippen molar-refractivity contribution in [1.29, 1.82) is 0 Å². The molecule has 32 heavy (non-hydrogen) atoms. The number of halogens is 2. The van der Waals surface area contributed by atoms with Gasteiger partial charge in [0.15, 0.2) is 6.10 Å². The van der Waals surface area contributed by atoms with Crippen LogP contribution in [-0.4, -0.2) is 29.4 Å². The molecule has 1 aliphatic rings. The molecule has 0 saturated heterocycles. The molecule has 166 valence electrons. The van der Waals surface area contributed by atoms with E-state index < -0.39 is 6.10 Å². The topological polar surface area (TPSA) is 71.5 Å². The highest BCUT2D eigenvalue weighted by molar-refractivity contribution is 7.11. The first-order valence-electron chi connectivity index (χ1n) is 10.1. The standard InChI is InChI=1S/C23H21Cl2N3O3S/c1-4-19-23(30)28(11-21(29)27-17-7-6-15(24)10-16(17)25)18-9-14(5-8-20(18)31-19)22-12(2)32-13(3)26-22/h5-10,19H,4,11H2,1-3H3,(H,27,29). The summed E-state index contributed by atoms with van der Waals surface area (Å²) >= 11 is 13.7. The van der Waals surface area contributed by atoms with Gasteiger partial charge in [-0.3, -0.25) is 14.5 Å². The van der Waals surface area contributed by atoms with Crippen LogP contribution in [0.2, 0.25) is 10.0 Å². The molecule has 0 spiro atoms. The number of aryl methyl sites for hydroxylation is 2. The number of benzene rings is 2. The van der Waals surface area contributed by atoms with Crippen LogP contribution in [0.1, 0.15) is 23.2 Å². The first kappa shape index (κ1) is 22.6. The minimum Gasteiger partial charge on any atom is -0.478 e. The first-order valence-corrected chi connectivity index (χ1v) is 11.7. The Morgan fingerprint density at radius 3 is 2.66 bits per heavy atom. The molecule has 4 rings (SSSR count). The van der Waals surface area contributed by atoms with Crippen LogP contribution in [0.4, 0.5) is 11.4 Å². The van der Waals surface area contributed by atoms with Crippen molar-refractivity contribution in [2.45, 2.75) is 33.3 Å². The molecule has 0 radical (unpaired) electrons. The third kappa shape index (κ3) is 4.46. The molecular weight excluding hydrogens is 469 g/mol. The van der Waals surface area contributed by atoms with Crippen LogP contribution in [0.25, 0.3) is 11.3 Å². The van der Waals surface area contributed by atoms with E-state index in [0.29, 0.717) is 33.6 Å². The Labute approximate surface area is 200 Å². The largest absolute Gasteiger partial charge is 0.478 e. The Morgan fingerprint density at radius 2 is 2.00 bits per heavy atom. The van der Waals surface area contributed by atoms with E-state index in [0.717, 1.165) is 21.1 Å². The van der Waals surface area contributed by atoms with Crippen molar-refractivity contribution in [2.24, 2.45) is 0 Å². The lowest BCUT2D eigenvalue weighted by atomic mass is 10.1. The summed E-state index contributed by atoms with van der Waals surface area (Å²) in [5.74, 6) is -0.0841. The van der Waals surface area contributed by atoms with Crippen LogP contribution in [0.5, 0.6) is 5.75 Å². The number of hydrogen-bond acceptors (Lipinski definition) is 5. The van der Waals surface area contributed by atoms with Gasteiger partial charge in [0.25, 0.3) is 5.91 Å². The van der Waals surface area contributed by atoms with Gasteiger partial charge in [0, 0.05) is 15.5 Å². The van der Waals surface area contributed by atoms with E-state index in [9.17, 15) is 9.59 Å². The normalized spacial score (nSPS) is 15.3. The van der Waals surface area contributed by atoms with E-state index in [1.165, 1.54) is 4.90 Å². The van der Waals surface area contributed by atoms with E-state index in [-0.39, 0.29) is 18.4 Å². The average molecular weight is 490 g/mol. The highest BCUT2D eigenvalue weighted by Crippen LogP contribution is 2.39. The summed E-state index contributed by atoms with van der Waals surface area (Å²) in [6.45, 7) is 5.66. The molecule has 0 fully saturated rings. The molecule has 9 heteroatoms. The number of rotatable bonds is 5. The predicted octanol–water partition coefficient (Wildman–Crippen LogP) is 5.88. The van der Waals surface area contributed by atoms with Gasteiger partial charge in [-0.2, -0.15) is 0 Å². The van der Waals surface area contributed by atoms with Gasteiger partial charge in [-0.15, -0.1) is 11.3 Å². The third-order valence-electron chi connectivity index (χ3n) is 5.12. The first-order chi connectivity index (χ1) is 15.3. The van der Waals surface area contributed by atoms with Crippen molar-refractivity contribution in [3.63, 3.8) is 0 Å². The van der Waals surface area contributed by atoms with Crippen LogP contribution in [0.3, 0.4) is 0 Å². The molecule has 1 N–H and O–H groups in total. The highest BCUT2D eigenvalue weighted by Gasteiger charge is 2.35. The number of fused-ring (bicyclic) bond motifs is 1. The number of nitrogens with one attached hydrogen (secondary N) is 1. The Kier molecular flexibility index (Phi) is 6.42. The van der Waals surface area contributed by atoms with Gasteiger partial charge < -0.3 is 10.1 Å². The molecule has 2 amide bonds. The number of carbonyl (C=O) groups excluding carboxylic acids is 2. The summed E-state index contributed by atoms with van der Waals surface area (Å²) in [5.41, 5.74) is 2.69. The zero-order valence-corrected chi connectivity index (χ0v) is 20.1. The lowest BCUT2D eigenvalue weighted by molar-refractivity contribution is -0.128. The van der Waals surface area contributed by atoms with Crippen LogP contribution in [-0.2, 0) is 9.59 Å². The maximum Gasteiger partial charge on any atom is 0.268 e. The smallest absolute Gasteiger partial charge is 0.268 e. The average Bonchev–Trinajstić information content (AvgIpc) is 3.09. The minimum absolute atomic E-state index is 0.177. The molecule has 2 heterocycles. The number of carbonyl (C=O) groups is 2. The number of anilines is 2. The number of ether oxygens (including phenoxy) is 1. The fraction of sp³-hybridized carbons (Fsp3) is 0.261. The van der Waals surface area contributed by atoms with E-state index in [1.807, 2.05) is 39.0 Å². The molecule has 0 saturated carbocycles. The monoisotopic (exact) mass is 489 g/mol. The van der Waals surface area contributed by atoms with Crippen LogP contribution in [0, 0.1) is 13.8 Å². The van der Waals surface area contributed by atoms with Gasteiger partial charge in [-0.05, 0) is 56.7 Å². The lowest BCUT2D eigenvalue weighted by Gasteiger charge is -2.34. The molecule has 2 aromatic carbocycles. The molecule has 0 bridgehead atoms. The minimum atomic E-state index is -0.650. The van der Waals surface area contributed by atoms with Crippen LogP contribution < -0.4 is 15.0 Å². The predicted molar refractivity (Wildman–Crippen MR) is 129 cm³/mol. The number of amides is 2. The Morgan fingerprint density at radius 1 is 1.22 bits per heavy atom. The maximum absolute atomic E-state index is 13.1. The summed E-state index contributed by atoms with van der Waals surface area (Å²) in [6.07, 6.45) is -0.158. The molecule has 1 aliphatic heterocycles. The van der Waals surface area contributed by atoms with Crippen molar-refractivity contribution >= 4 is 57.7 Å². The van der Waals surface area contributed by atoms with Crippen molar-refractivity contribution in [1.82, 2.24) is 4.98 Å². The van der Waals surface area contributed by atoms with Gasteiger partial charge in [0.2, 0.25) is 5.91 Å². The zero-order valence-electron chi connectivity index (χ0n) is 17.7. The number of aromatic nitrogens is 1. The number of nitrogens with zero attached hydrogens (tertiary/aromatic N) is 2. The van der Waals surface area contributed by atoms with E-state index in [4.69, 9.17) is 27.9 Å². The van der Waals surface area contributed by atoms with E-state index >= 15 is 0 Å². The lowest BCUT2D eigenvalue weighted by Crippen LogP contribution is -2.48. The maximum atomic E-state index is 13.1. The third-order valence-corrected chi connectivity index (χ3v) is 6.55. The van der Waals surface area contributed by atoms with Crippen molar-refractivity contribution < 1.29 is 14.3 Å². The van der Waals surface area contributed by atoms with Gasteiger partial charge in [-0.25, -0.2) is 4.98 Å². The van der Waals surface area contributed by atoms with Crippen molar-refractivity contribution in [3.8, 4) is 17.0 Å². The zero-order chi connectivity index (χ0) is 23.0. The van der Waals surface area contributed by atoms with Crippen LogP contribution >= 0.6 is 34.5 Å². The van der Waals surface area contributed by atoms with Gasteiger partial charge >= 0.3 is 0 Å². The SMILES string of the molecule is CCC1Oc2ccc(-c3nc(C)sc3C)cc2N(CC(=O)Nc2ccc(Cl)cc2Cl)C1=O. The number of hydrogen-bond donors (Lipinski definition) is 1. The Hall–Kier alpha value is -2.61. The molecule has 1 aromatic heterocycles. The molecule has 1 atom stereocenters. The second-order valence-corrected chi connectivity index (χ2v) is 9.68. The molecule has 1 unspecified atom stereocenters. The second-order valence-electron chi connectivity index (χ2n) is 7.43. The number of thiazole rings is 1. The summed E-state index contributed by atoms with van der Waals surface area (Å²) in [4.78, 5) is 33.1. The summed E-state index contributed by atoms with van der Waals surface area (Å²) < 4.78 is 5.91. The van der Waals surface area contributed by atoms with Gasteiger partial charge in [0.05, 0.1) is 27.1 Å². The fourth-order valence-corrected chi connectivity index (χ4v) is 4.91. The molecular formula is C23H21Cl2N3O3S. The van der Waals surface area contributed by atoms with Gasteiger partial charge in [0.1, 0.15) is 12.3 Å². The second kappa shape index (κ2) is 9.10. The van der Waals surface area contributed by atoms with Crippen molar-refractivity contribution in [2.75, 3.05) is 16.8 Å². The van der Waals surface area contributed by atoms with Crippen LogP contribution in [0.15, 0.2) is 36.4 Å². The molecule has 0 aliphatic carbocycles. The van der Waals surface area contributed by atoms with Gasteiger partial charge in [-0.1, -0.05) is 30.1 Å². The summed E-state index contributed by atoms with van der Waals surface area (Å²) in [5, 5.41) is 4.51. The molecule has 6 nitrogen and oxygen atoms in total. The van der Waals surface area contributed by atoms with Crippen molar-refractivity contribution in [3.05, 3.63) is 56.3 Å². The Balaban J connectivity index is 1.66. The molecule has 3 aromatic rings. The Bertz CT molecular complexity index is 1210. The summed E-state index contributed by atoms with van der Waals surface area (Å²) in [7, 11) is 0. The quantitative estimate of drug-likeness (QED) is 0.485. The fourth-order valence-electron chi connectivity index (χ4n) is 3.61. The highest BCUT2D eigenvalue weighted by atomic mass is 35.5. The summed E-state index contributed by atoms with van der Waals surface area (Å²) in [6, 6.07) is 10.4. The van der Waals surface area contributed by atoms with E-state index in [1.54, 1.807) is 29.5 Å². The van der Waals surface area contributed by atoms with E-state index in [2.05, 4.69) is 10.3 Å².